The summed E-state index contributed by atoms with van der Waals surface area (Å²) in [5.41, 5.74) is 14.1. The van der Waals surface area contributed by atoms with Gasteiger partial charge in [0.1, 0.15) is 0 Å². The topological polar surface area (TPSA) is 72.3 Å². The van der Waals surface area contributed by atoms with Crippen molar-refractivity contribution in [3.63, 3.8) is 0 Å². The van der Waals surface area contributed by atoms with Gasteiger partial charge in [0.2, 0.25) is 0 Å². The molecule has 0 heterocycles. The Morgan fingerprint density at radius 1 is 0.960 bits per heavy atom. The Kier molecular flexibility index (Phi) is 4.53. The zero-order chi connectivity index (χ0) is 18.0. The molecule has 144 valence electrons. The molecule has 0 bridgehead atoms. The van der Waals surface area contributed by atoms with Gasteiger partial charge in [-0.25, -0.2) is 0 Å². The smallest absolute Gasteiger partial charge is 0.0459 e. The van der Waals surface area contributed by atoms with E-state index in [4.69, 9.17) is 11.5 Å². The highest BCUT2D eigenvalue weighted by Gasteiger charge is 2.62. The molecule has 4 saturated carbocycles. The van der Waals surface area contributed by atoms with Gasteiger partial charge >= 0.3 is 0 Å². The van der Waals surface area contributed by atoms with Gasteiger partial charge in [0, 0.05) is 18.7 Å². The first-order valence-corrected chi connectivity index (χ1v) is 10.9. The average molecular weight is 349 g/mol. The van der Waals surface area contributed by atoms with Crippen molar-refractivity contribution >= 4 is 0 Å². The number of hydrogen-bond donors (Lipinski definition) is 3. The van der Waals surface area contributed by atoms with E-state index >= 15 is 0 Å². The molecule has 10 atom stereocenters. The molecule has 0 amide bonds. The minimum absolute atomic E-state index is 0.338. The van der Waals surface area contributed by atoms with Gasteiger partial charge in [0.25, 0.3) is 0 Å². The Bertz CT molecular complexity index is 510. The maximum absolute atomic E-state index is 9.77. The van der Waals surface area contributed by atoms with Gasteiger partial charge in [-0.05, 0) is 97.7 Å². The molecule has 4 aliphatic rings. The molecule has 4 fully saturated rings. The van der Waals surface area contributed by atoms with Crippen molar-refractivity contribution in [3.05, 3.63) is 0 Å². The fourth-order valence-electron chi connectivity index (χ4n) is 8.46. The summed E-state index contributed by atoms with van der Waals surface area (Å²) in [5.74, 6) is 4.13. The molecule has 4 rings (SSSR count). The lowest BCUT2D eigenvalue weighted by Crippen LogP contribution is -2.61. The van der Waals surface area contributed by atoms with E-state index in [2.05, 4.69) is 20.8 Å². The van der Waals surface area contributed by atoms with Crippen molar-refractivity contribution in [2.24, 2.45) is 57.8 Å². The number of hydrogen-bond acceptors (Lipinski definition) is 3. The number of nitrogens with two attached hydrogens (primary N) is 2. The highest BCUT2D eigenvalue weighted by Crippen LogP contribution is 2.67. The van der Waals surface area contributed by atoms with E-state index in [1.807, 2.05) is 0 Å². The first kappa shape index (κ1) is 18.3. The van der Waals surface area contributed by atoms with Crippen LogP contribution in [0.2, 0.25) is 0 Å². The lowest BCUT2D eigenvalue weighted by atomic mass is 9.43. The zero-order valence-corrected chi connectivity index (χ0v) is 16.6. The third-order valence-electron chi connectivity index (χ3n) is 9.85. The first-order valence-electron chi connectivity index (χ1n) is 10.9. The summed E-state index contributed by atoms with van der Waals surface area (Å²) in [6.45, 7) is 7.71. The van der Waals surface area contributed by atoms with E-state index in [1.165, 1.54) is 51.4 Å². The molecule has 3 nitrogen and oxygen atoms in total. The van der Waals surface area contributed by atoms with Crippen molar-refractivity contribution in [3.8, 4) is 0 Å². The van der Waals surface area contributed by atoms with Crippen LogP contribution < -0.4 is 11.5 Å². The summed E-state index contributed by atoms with van der Waals surface area (Å²) in [6, 6.07) is 0.762. The summed E-state index contributed by atoms with van der Waals surface area (Å²) in [4.78, 5) is 0. The van der Waals surface area contributed by atoms with Crippen molar-refractivity contribution < 1.29 is 5.11 Å². The monoisotopic (exact) mass is 348 g/mol. The second kappa shape index (κ2) is 6.21. The lowest BCUT2D eigenvalue weighted by Gasteiger charge is -2.63. The molecular formula is C22H40N2O. The molecule has 0 aromatic carbocycles. The molecule has 3 heteroatoms. The minimum atomic E-state index is 0.338. The summed E-state index contributed by atoms with van der Waals surface area (Å²) < 4.78 is 0. The molecule has 4 aliphatic carbocycles. The molecule has 0 aliphatic heterocycles. The van der Waals surface area contributed by atoms with Crippen molar-refractivity contribution in [1.29, 1.82) is 0 Å². The number of aliphatic hydroxyl groups excluding tert-OH is 1. The quantitative estimate of drug-likeness (QED) is 0.715. The number of rotatable bonds is 2. The Morgan fingerprint density at radius 2 is 1.64 bits per heavy atom. The molecule has 0 spiro atoms. The molecule has 0 aromatic heterocycles. The van der Waals surface area contributed by atoms with Gasteiger partial charge in [-0.3, -0.25) is 0 Å². The second-order valence-corrected chi connectivity index (χ2v) is 10.8. The molecule has 0 unspecified atom stereocenters. The van der Waals surface area contributed by atoms with E-state index < -0.39 is 0 Å². The average Bonchev–Trinajstić information content (AvgIpc) is 2.93. The van der Waals surface area contributed by atoms with Gasteiger partial charge in [-0.1, -0.05) is 20.8 Å². The largest absolute Gasteiger partial charge is 0.396 e. The van der Waals surface area contributed by atoms with Gasteiger partial charge < -0.3 is 16.6 Å². The van der Waals surface area contributed by atoms with Crippen LogP contribution in [0, 0.1) is 46.3 Å². The Labute approximate surface area is 154 Å². The number of aliphatic hydroxyl groups is 1. The van der Waals surface area contributed by atoms with E-state index in [0.29, 0.717) is 47.3 Å². The van der Waals surface area contributed by atoms with Crippen LogP contribution in [-0.4, -0.2) is 23.8 Å². The second-order valence-electron chi connectivity index (χ2n) is 10.8. The van der Waals surface area contributed by atoms with Crippen LogP contribution in [0.4, 0.5) is 0 Å². The number of fused-ring (bicyclic) bond motifs is 5. The predicted molar refractivity (Wildman–Crippen MR) is 103 cm³/mol. The summed E-state index contributed by atoms with van der Waals surface area (Å²) in [5, 5.41) is 9.77. The third-order valence-corrected chi connectivity index (χ3v) is 9.85. The van der Waals surface area contributed by atoms with E-state index in [0.717, 1.165) is 17.8 Å². The van der Waals surface area contributed by atoms with Gasteiger partial charge in [0.15, 0.2) is 0 Å². The molecule has 5 N–H and O–H groups in total. The third kappa shape index (κ3) is 2.56. The molecule has 0 radical (unpaired) electrons. The summed E-state index contributed by atoms with van der Waals surface area (Å²) in [6.07, 6.45) is 10.2. The van der Waals surface area contributed by atoms with E-state index in [9.17, 15) is 5.11 Å². The van der Waals surface area contributed by atoms with Gasteiger partial charge in [-0.15, -0.1) is 0 Å². The fourth-order valence-corrected chi connectivity index (χ4v) is 8.46. The van der Waals surface area contributed by atoms with Crippen LogP contribution in [0.1, 0.15) is 72.1 Å². The summed E-state index contributed by atoms with van der Waals surface area (Å²) in [7, 11) is 0. The zero-order valence-electron chi connectivity index (χ0n) is 16.6. The molecule has 25 heavy (non-hydrogen) atoms. The van der Waals surface area contributed by atoms with Crippen LogP contribution in [0.15, 0.2) is 0 Å². The van der Waals surface area contributed by atoms with Crippen LogP contribution in [0.5, 0.6) is 0 Å². The van der Waals surface area contributed by atoms with E-state index in [1.54, 1.807) is 0 Å². The van der Waals surface area contributed by atoms with Gasteiger partial charge in [-0.2, -0.15) is 0 Å². The molecule has 0 saturated heterocycles. The predicted octanol–water partition coefficient (Wildman–Crippen LogP) is 3.54. The van der Waals surface area contributed by atoms with Crippen molar-refractivity contribution in [2.45, 2.75) is 84.2 Å². The Balaban J connectivity index is 1.63. The van der Waals surface area contributed by atoms with Crippen LogP contribution in [0.3, 0.4) is 0 Å². The maximum Gasteiger partial charge on any atom is 0.0459 e. The SMILES string of the molecule is C[C@H](CO)[C@H]1CC[C@H]2[C@@H]3[C@H](N)C[C@H]4C[C@@H](N)CC[C@]4(C)[C@H]3CC[C@]12C. The highest BCUT2D eigenvalue weighted by molar-refractivity contribution is 5.12. The van der Waals surface area contributed by atoms with Crippen molar-refractivity contribution in [2.75, 3.05) is 6.61 Å². The van der Waals surface area contributed by atoms with Crippen LogP contribution in [-0.2, 0) is 0 Å². The Hall–Kier alpha value is -0.120. The first-order chi connectivity index (χ1) is 11.8. The Morgan fingerprint density at radius 3 is 2.36 bits per heavy atom. The summed E-state index contributed by atoms with van der Waals surface area (Å²) >= 11 is 0. The van der Waals surface area contributed by atoms with E-state index in [-0.39, 0.29) is 0 Å². The lowest BCUT2D eigenvalue weighted by molar-refractivity contribution is -0.125. The standard InChI is InChI=1S/C22H40N2O/c1-13(12-25)16-4-5-17-20-18(7-9-22(16,17)3)21(2)8-6-15(23)10-14(21)11-19(20)24/h13-20,25H,4-12,23-24H2,1-3H3/t13-,14-,15+,16-,17+,18+,19-,20+,21+,22-/m1/s1. The maximum atomic E-state index is 9.77. The normalized spacial score (nSPS) is 56.6. The fraction of sp³-hybridized carbons (Fsp3) is 1.00. The highest BCUT2D eigenvalue weighted by atomic mass is 16.3. The van der Waals surface area contributed by atoms with Gasteiger partial charge in [0.05, 0.1) is 0 Å². The van der Waals surface area contributed by atoms with Crippen LogP contribution in [0.25, 0.3) is 0 Å². The minimum Gasteiger partial charge on any atom is -0.396 e. The molecular weight excluding hydrogens is 308 g/mol. The molecule has 0 aromatic rings. The van der Waals surface area contributed by atoms with Crippen molar-refractivity contribution in [1.82, 2.24) is 0 Å². The van der Waals surface area contributed by atoms with Crippen LogP contribution >= 0.6 is 0 Å².